The molecule has 1 heterocycles. The van der Waals surface area contributed by atoms with Crippen molar-refractivity contribution < 1.29 is 23.1 Å². The molecule has 0 saturated carbocycles. The molecule has 146 valence electrons. The van der Waals surface area contributed by atoms with Crippen LogP contribution in [0.25, 0.3) is 0 Å². The van der Waals surface area contributed by atoms with Gasteiger partial charge in [-0.05, 0) is 51.8 Å². The van der Waals surface area contributed by atoms with Gasteiger partial charge in [-0.2, -0.15) is 0 Å². The van der Waals surface area contributed by atoms with Crippen LogP contribution < -0.4 is 0 Å². The van der Waals surface area contributed by atoms with Crippen LogP contribution in [0.2, 0.25) is 39.3 Å². The van der Waals surface area contributed by atoms with E-state index in [-0.39, 0.29) is 18.2 Å². The minimum Gasteiger partial charge on any atom is -0.464 e. The first kappa shape index (κ1) is 21.3. The lowest BCUT2D eigenvalue weighted by molar-refractivity contribution is -0.159. The maximum Gasteiger partial charge on any atom is 0.338 e. The third-order valence-corrected chi connectivity index (χ3v) is 5.80. The first-order valence-electron chi connectivity index (χ1n) is 9.24. The van der Waals surface area contributed by atoms with Crippen LogP contribution >= 0.6 is 0 Å². The van der Waals surface area contributed by atoms with Crippen molar-refractivity contribution >= 4 is 22.6 Å². The van der Waals surface area contributed by atoms with Crippen LogP contribution in [-0.2, 0) is 23.1 Å². The van der Waals surface area contributed by atoms with Crippen LogP contribution in [0, 0.1) is 0 Å². The molecule has 0 N–H and O–H groups in total. The van der Waals surface area contributed by atoms with Crippen LogP contribution in [0.15, 0.2) is 30.3 Å². The van der Waals surface area contributed by atoms with Gasteiger partial charge < -0.3 is 18.3 Å². The van der Waals surface area contributed by atoms with Crippen molar-refractivity contribution in [1.82, 2.24) is 0 Å². The quantitative estimate of drug-likeness (QED) is 0.512. The second kappa shape index (κ2) is 8.35. The van der Waals surface area contributed by atoms with Gasteiger partial charge >= 0.3 is 5.97 Å². The molecule has 0 aliphatic carbocycles. The van der Waals surface area contributed by atoms with Gasteiger partial charge in [-0.1, -0.05) is 30.3 Å². The molecule has 0 spiro atoms. The van der Waals surface area contributed by atoms with E-state index in [9.17, 15) is 4.79 Å². The zero-order valence-electron chi connectivity index (χ0n) is 16.9. The summed E-state index contributed by atoms with van der Waals surface area (Å²) in [6.07, 6.45) is -1.91. The van der Waals surface area contributed by atoms with Gasteiger partial charge in [0.15, 0.2) is 22.7 Å². The van der Waals surface area contributed by atoms with Crippen molar-refractivity contribution in [3.05, 3.63) is 35.9 Å². The fourth-order valence-corrected chi connectivity index (χ4v) is 5.21. The van der Waals surface area contributed by atoms with Crippen molar-refractivity contribution in [2.75, 3.05) is 6.61 Å². The number of esters is 1. The van der Waals surface area contributed by atoms with E-state index in [1.54, 1.807) is 6.92 Å². The average molecular weight is 397 g/mol. The van der Waals surface area contributed by atoms with Crippen LogP contribution in [0.1, 0.15) is 18.6 Å². The zero-order valence-corrected chi connectivity index (χ0v) is 18.9. The summed E-state index contributed by atoms with van der Waals surface area (Å²) in [4.78, 5) is 12.6. The highest BCUT2D eigenvalue weighted by atomic mass is 28.4. The van der Waals surface area contributed by atoms with Gasteiger partial charge in [-0.15, -0.1) is 0 Å². The third-order valence-electron chi connectivity index (χ3n) is 3.84. The summed E-state index contributed by atoms with van der Waals surface area (Å²) in [6.45, 7) is 14.8. The summed E-state index contributed by atoms with van der Waals surface area (Å²) in [5.41, 5.74) is 0.992. The molecule has 1 aromatic carbocycles. The molecule has 0 unspecified atom stereocenters. The van der Waals surface area contributed by atoms with Crippen LogP contribution in [0.3, 0.4) is 0 Å². The van der Waals surface area contributed by atoms with Gasteiger partial charge in [0.25, 0.3) is 0 Å². The van der Waals surface area contributed by atoms with Crippen molar-refractivity contribution in [3.8, 4) is 0 Å². The maximum atomic E-state index is 12.6. The standard InChI is InChI=1S/C19H32O5Si2/c1-8-21-19(20)18-17(24-26(5,6)7)16(23-25(2,3)4)15(22-18)14-12-10-9-11-13-14/h9-13,15-18H,8H2,1-7H3/t15-,16+,17-,18+/m0/s1. The van der Waals surface area contributed by atoms with Gasteiger partial charge in [0.05, 0.1) is 6.61 Å². The number of carbonyl (C=O) groups is 1. The Morgan fingerprint density at radius 3 is 2.00 bits per heavy atom. The van der Waals surface area contributed by atoms with E-state index in [1.807, 2.05) is 30.3 Å². The summed E-state index contributed by atoms with van der Waals surface area (Å²) in [5.74, 6) is -0.377. The molecule has 0 amide bonds. The van der Waals surface area contributed by atoms with Gasteiger partial charge in [0.2, 0.25) is 0 Å². The van der Waals surface area contributed by atoms with E-state index in [0.717, 1.165) is 5.56 Å². The molecule has 7 heteroatoms. The van der Waals surface area contributed by atoms with E-state index < -0.39 is 28.8 Å². The van der Waals surface area contributed by atoms with Gasteiger partial charge in [0.1, 0.15) is 18.3 Å². The molecule has 1 aliphatic heterocycles. The highest BCUT2D eigenvalue weighted by molar-refractivity contribution is 6.70. The molecule has 0 aromatic heterocycles. The van der Waals surface area contributed by atoms with Gasteiger partial charge in [0, 0.05) is 0 Å². The summed E-state index contributed by atoms with van der Waals surface area (Å²) in [7, 11) is -3.83. The minimum atomic E-state index is -1.93. The summed E-state index contributed by atoms with van der Waals surface area (Å²) >= 11 is 0. The van der Waals surface area contributed by atoms with E-state index in [0.29, 0.717) is 6.61 Å². The number of hydrogen-bond acceptors (Lipinski definition) is 5. The topological polar surface area (TPSA) is 54.0 Å². The molecule has 2 rings (SSSR count). The van der Waals surface area contributed by atoms with Crippen molar-refractivity contribution in [1.29, 1.82) is 0 Å². The molecule has 1 saturated heterocycles. The lowest BCUT2D eigenvalue weighted by atomic mass is 10.0. The SMILES string of the molecule is CCOC(=O)[C@@H]1O[C@@H](c2ccccc2)[C@@H](O[Si](C)(C)C)[C@@H]1O[Si](C)(C)C. The fourth-order valence-electron chi connectivity index (χ4n) is 3.06. The van der Waals surface area contributed by atoms with Crippen molar-refractivity contribution in [2.24, 2.45) is 0 Å². The predicted octanol–water partition coefficient (Wildman–Crippen LogP) is 4.13. The first-order valence-corrected chi connectivity index (χ1v) is 16.1. The molecular weight excluding hydrogens is 364 g/mol. The Kier molecular flexibility index (Phi) is 6.84. The Morgan fingerprint density at radius 2 is 1.50 bits per heavy atom. The van der Waals surface area contributed by atoms with Crippen LogP contribution in [-0.4, -0.2) is 47.5 Å². The Hall–Kier alpha value is -0.996. The lowest BCUT2D eigenvalue weighted by Gasteiger charge is -2.33. The molecule has 0 bridgehead atoms. The molecule has 1 aromatic rings. The summed E-state index contributed by atoms with van der Waals surface area (Å²) < 4.78 is 24.3. The molecule has 0 radical (unpaired) electrons. The molecule has 26 heavy (non-hydrogen) atoms. The Balaban J connectivity index is 2.42. The Morgan fingerprint density at radius 1 is 0.962 bits per heavy atom. The van der Waals surface area contributed by atoms with E-state index in [2.05, 4.69) is 39.3 Å². The van der Waals surface area contributed by atoms with Crippen LogP contribution in [0.5, 0.6) is 0 Å². The highest BCUT2D eigenvalue weighted by Gasteiger charge is 2.52. The van der Waals surface area contributed by atoms with E-state index in [4.69, 9.17) is 18.3 Å². The number of rotatable bonds is 7. The van der Waals surface area contributed by atoms with Crippen LogP contribution in [0.4, 0.5) is 0 Å². The second-order valence-electron chi connectivity index (χ2n) is 8.53. The Labute approximate surface area is 159 Å². The van der Waals surface area contributed by atoms with Gasteiger partial charge in [-0.25, -0.2) is 4.79 Å². The Bertz CT molecular complexity index is 594. The molecular formula is C19H32O5Si2. The first-order chi connectivity index (χ1) is 12.0. The van der Waals surface area contributed by atoms with E-state index in [1.165, 1.54) is 0 Å². The number of benzene rings is 1. The zero-order chi connectivity index (χ0) is 19.5. The largest absolute Gasteiger partial charge is 0.464 e. The second-order valence-corrected chi connectivity index (χ2v) is 17.5. The third kappa shape index (κ3) is 5.75. The van der Waals surface area contributed by atoms with Gasteiger partial charge in [-0.3, -0.25) is 0 Å². The molecule has 4 atom stereocenters. The molecule has 5 nitrogen and oxygen atoms in total. The van der Waals surface area contributed by atoms with Crippen molar-refractivity contribution in [2.45, 2.75) is 70.6 Å². The average Bonchev–Trinajstić information content (AvgIpc) is 2.83. The van der Waals surface area contributed by atoms with Crippen molar-refractivity contribution in [3.63, 3.8) is 0 Å². The summed E-state index contributed by atoms with van der Waals surface area (Å²) in [6, 6.07) is 9.91. The number of hydrogen-bond donors (Lipinski definition) is 0. The number of ether oxygens (including phenoxy) is 2. The maximum absolute atomic E-state index is 12.6. The normalized spacial score (nSPS) is 26.7. The predicted molar refractivity (Wildman–Crippen MR) is 107 cm³/mol. The summed E-state index contributed by atoms with van der Waals surface area (Å²) in [5, 5.41) is 0. The molecule has 1 aliphatic rings. The number of carbonyl (C=O) groups excluding carboxylic acids is 1. The lowest BCUT2D eigenvalue weighted by Crippen LogP contribution is -2.48. The monoisotopic (exact) mass is 396 g/mol. The van der Waals surface area contributed by atoms with E-state index >= 15 is 0 Å². The minimum absolute atomic E-state index is 0.313. The molecule has 1 fully saturated rings. The fraction of sp³-hybridized carbons (Fsp3) is 0.632. The smallest absolute Gasteiger partial charge is 0.338 e. The highest BCUT2D eigenvalue weighted by Crippen LogP contribution is 2.40.